The molecule has 0 aliphatic heterocycles. The zero-order valence-electron chi connectivity index (χ0n) is 6.50. The molecule has 0 bridgehead atoms. The highest BCUT2D eigenvalue weighted by atomic mass is 31.2. The van der Waals surface area contributed by atoms with E-state index < -0.39 is 7.37 Å². The maximum atomic E-state index is 10.9. The molecule has 0 radical (unpaired) electrons. The van der Waals surface area contributed by atoms with Gasteiger partial charge in [-0.05, 0) is 5.92 Å². The first-order valence-corrected chi connectivity index (χ1v) is 5.18. The molecule has 0 aliphatic carbocycles. The summed E-state index contributed by atoms with van der Waals surface area (Å²) in [6, 6.07) is 0. The Bertz CT molecular complexity index is 183. The predicted molar refractivity (Wildman–Crippen MR) is 39.9 cm³/mol. The Morgan fingerprint density at radius 2 is 2.20 bits per heavy atom. The van der Waals surface area contributed by atoms with Gasteiger partial charge < -0.3 is 4.52 Å². The van der Waals surface area contributed by atoms with Gasteiger partial charge in [0.25, 0.3) is 7.37 Å². The normalized spacial score (nSPS) is 16.3. The Morgan fingerprint density at radius 1 is 1.70 bits per heavy atom. The van der Waals surface area contributed by atoms with E-state index in [2.05, 4.69) is 0 Å². The summed E-state index contributed by atoms with van der Waals surface area (Å²) < 4.78 is 15.7. The highest BCUT2D eigenvalue weighted by Gasteiger charge is 2.13. The molecule has 10 heavy (non-hydrogen) atoms. The molecule has 0 saturated carbocycles. The van der Waals surface area contributed by atoms with Crippen molar-refractivity contribution in [3.8, 4) is 5.81 Å². The van der Waals surface area contributed by atoms with Crippen LogP contribution in [0.5, 0.6) is 0 Å². The van der Waals surface area contributed by atoms with Gasteiger partial charge in [0.15, 0.2) is 5.81 Å². The van der Waals surface area contributed by atoms with Gasteiger partial charge in [0.2, 0.25) is 0 Å². The Kier molecular flexibility index (Phi) is 3.63. The molecule has 1 unspecified atom stereocenters. The van der Waals surface area contributed by atoms with Gasteiger partial charge in [-0.3, -0.25) is 4.57 Å². The molecule has 0 amide bonds. The lowest BCUT2D eigenvalue weighted by atomic mass is 10.2. The Morgan fingerprint density at radius 3 is 2.50 bits per heavy atom. The third-order valence-electron chi connectivity index (χ3n) is 0.836. The largest absolute Gasteiger partial charge is 0.318 e. The van der Waals surface area contributed by atoms with E-state index in [0.29, 0.717) is 12.5 Å². The first-order valence-electron chi connectivity index (χ1n) is 3.11. The van der Waals surface area contributed by atoms with Crippen molar-refractivity contribution in [1.29, 1.82) is 5.26 Å². The van der Waals surface area contributed by atoms with Crippen LogP contribution in [-0.4, -0.2) is 13.3 Å². The van der Waals surface area contributed by atoms with Gasteiger partial charge in [-0.1, -0.05) is 13.8 Å². The van der Waals surface area contributed by atoms with Gasteiger partial charge in [0, 0.05) is 6.66 Å². The van der Waals surface area contributed by atoms with Crippen LogP contribution in [0.3, 0.4) is 0 Å². The van der Waals surface area contributed by atoms with Crippen LogP contribution in [0.25, 0.3) is 0 Å². The monoisotopic (exact) mass is 161 g/mol. The fourth-order valence-corrected chi connectivity index (χ4v) is 0.961. The smallest absolute Gasteiger partial charge is 0.296 e. The summed E-state index contributed by atoms with van der Waals surface area (Å²) in [4.78, 5) is 0. The number of nitriles is 1. The molecule has 4 heteroatoms. The average Bonchev–Trinajstić information content (AvgIpc) is 1.85. The average molecular weight is 161 g/mol. The van der Waals surface area contributed by atoms with Gasteiger partial charge in [-0.25, -0.2) is 0 Å². The second-order valence-corrected chi connectivity index (χ2v) is 4.79. The molecule has 0 N–H and O–H groups in total. The fraction of sp³-hybridized carbons (Fsp3) is 0.833. The Balaban J connectivity index is 3.72. The molecule has 0 spiro atoms. The van der Waals surface area contributed by atoms with Gasteiger partial charge in [0.05, 0.1) is 6.61 Å². The van der Waals surface area contributed by atoms with Crippen molar-refractivity contribution in [3.05, 3.63) is 0 Å². The van der Waals surface area contributed by atoms with E-state index in [-0.39, 0.29) is 0 Å². The number of hydrogen-bond acceptors (Lipinski definition) is 3. The molecule has 0 aromatic rings. The summed E-state index contributed by atoms with van der Waals surface area (Å²) in [5, 5.41) is 8.27. The highest BCUT2D eigenvalue weighted by Crippen LogP contribution is 2.40. The van der Waals surface area contributed by atoms with Gasteiger partial charge in [-0.2, -0.15) is 5.26 Å². The predicted octanol–water partition coefficient (Wildman–Crippen LogP) is 2.05. The maximum Gasteiger partial charge on any atom is 0.296 e. The van der Waals surface area contributed by atoms with Crippen molar-refractivity contribution in [1.82, 2.24) is 0 Å². The van der Waals surface area contributed by atoms with Crippen LogP contribution in [0.1, 0.15) is 13.8 Å². The molecule has 0 saturated heterocycles. The van der Waals surface area contributed by atoms with Crippen molar-refractivity contribution >= 4 is 7.37 Å². The minimum absolute atomic E-state index is 0.321. The molecule has 0 heterocycles. The lowest BCUT2D eigenvalue weighted by Crippen LogP contribution is -1.98. The van der Waals surface area contributed by atoms with Crippen LogP contribution >= 0.6 is 7.37 Å². The number of rotatable bonds is 3. The Labute approximate surface area is 61.4 Å². The third-order valence-corrected chi connectivity index (χ3v) is 1.84. The zero-order chi connectivity index (χ0) is 8.20. The van der Waals surface area contributed by atoms with E-state index in [1.165, 1.54) is 6.66 Å². The molecule has 0 aromatic heterocycles. The zero-order valence-corrected chi connectivity index (χ0v) is 7.39. The highest BCUT2D eigenvalue weighted by molar-refractivity contribution is 7.63. The van der Waals surface area contributed by atoms with E-state index in [4.69, 9.17) is 9.79 Å². The van der Waals surface area contributed by atoms with Crippen molar-refractivity contribution in [2.24, 2.45) is 5.92 Å². The second kappa shape index (κ2) is 3.75. The lowest BCUT2D eigenvalue weighted by Gasteiger charge is -2.07. The van der Waals surface area contributed by atoms with Crippen molar-refractivity contribution in [2.45, 2.75) is 13.8 Å². The van der Waals surface area contributed by atoms with E-state index in [1.54, 1.807) is 5.81 Å². The van der Waals surface area contributed by atoms with E-state index in [9.17, 15) is 4.57 Å². The van der Waals surface area contributed by atoms with Crippen molar-refractivity contribution in [2.75, 3.05) is 13.3 Å². The van der Waals surface area contributed by atoms with Crippen LogP contribution in [0, 0.1) is 17.0 Å². The van der Waals surface area contributed by atoms with Crippen LogP contribution in [0.4, 0.5) is 0 Å². The van der Waals surface area contributed by atoms with Gasteiger partial charge in [-0.15, -0.1) is 0 Å². The van der Waals surface area contributed by atoms with E-state index in [0.717, 1.165) is 0 Å². The molecule has 0 aliphatic rings. The quantitative estimate of drug-likeness (QED) is 0.595. The Hall–Kier alpha value is -0.320. The standard InChI is InChI=1S/C6H12NO2P/c1-6(2)4-9-10(3,8)5-7/h6H,4H2,1-3H3. The summed E-state index contributed by atoms with van der Waals surface area (Å²) in [6.45, 7) is 5.60. The minimum Gasteiger partial charge on any atom is -0.318 e. The van der Waals surface area contributed by atoms with Crippen molar-refractivity contribution in [3.63, 3.8) is 0 Å². The lowest BCUT2D eigenvalue weighted by molar-refractivity contribution is 0.278. The molecule has 0 rings (SSSR count). The fourth-order valence-electron chi connectivity index (χ4n) is 0.320. The van der Waals surface area contributed by atoms with Crippen LogP contribution in [0.15, 0.2) is 0 Å². The maximum absolute atomic E-state index is 10.9. The summed E-state index contributed by atoms with van der Waals surface area (Å²) in [5.74, 6) is 1.95. The van der Waals surface area contributed by atoms with Crippen LogP contribution in [0.2, 0.25) is 0 Å². The number of nitrogens with zero attached hydrogens (tertiary/aromatic N) is 1. The first-order chi connectivity index (χ1) is 4.48. The minimum atomic E-state index is -2.92. The molecule has 1 atom stereocenters. The summed E-state index contributed by atoms with van der Waals surface area (Å²) in [7, 11) is -2.92. The third kappa shape index (κ3) is 4.55. The molecule has 0 aromatic carbocycles. The molecular formula is C6H12NO2P. The number of hydrogen-bond donors (Lipinski definition) is 0. The van der Waals surface area contributed by atoms with Crippen molar-refractivity contribution < 1.29 is 9.09 Å². The second-order valence-electron chi connectivity index (χ2n) is 2.64. The molecule has 0 fully saturated rings. The topological polar surface area (TPSA) is 50.1 Å². The SMILES string of the molecule is CC(C)COP(C)(=O)C#N. The van der Waals surface area contributed by atoms with E-state index >= 15 is 0 Å². The summed E-state index contributed by atoms with van der Waals surface area (Å²) in [5.41, 5.74) is 0. The molecular weight excluding hydrogens is 149 g/mol. The molecule has 3 nitrogen and oxygen atoms in total. The van der Waals surface area contributed by atoms with E-state index in [1.807, 2.05) is 13.8 Å². The first kappa shape index (κ1) is 9.68. The van der Waals surface area contributed by atoms with Gasteiger partial charge in [0.1, 0.15) is 0 Å². The summed E-state index contributed by atoms with van der Waals surface area (Å²) in [6.07, 6.45) is 0. The van der Waals surface area contributed by atoms with Crippen LogP contribution in [-0.2, 0) is 9.09 Å². The molecule has 58 valence electrons. The summed E-state index contributed by atoms with van der Waals surface area (Å²) >= 11 is 0. The van der Waals surface area contributed by atoms with Gasteiger partial charge >= 0.3 is 0 Å². The van der Waals surface area contributed by atoms with Crippen LogP contribution < -0.4 is 0 Å².